The number of carboxylic acids is 2. The van der Waals surface area contributed by atoms with Gasteiger partial charge in [-0.1, -0.05) is 13.3 Å². The van der Waals surface area contributed by atoms with Crippen LogP contribution in [-0.4, -0.2) is 40.2 Å². The van der Waals surface area contributed by atoms with E-state index in [0.29, 0.717) is 0 Å². The van der Waals surface area contributed by atoms with Crippen molar-refractivity contribution < 1.29 is 50.5 Å². The number of aliphatic carboxylic acids is 2. The fourth-order valence-corrected chi connectivity index (χ4v) is 1.52. The Morgan fingerprint density at radius 3 is 1.43 bits per heavy atom. The summed E-state index contributed by atoms with van der Waals surface area (Å²) in [6, 6.07) is 0. The van der Waals surface area contributed by atoms with Crippen LogP contribution in [0.15, 0.2) is 11.1 Å². The zero-order valence-electron chi connectivity index (χ0n) is 10.3. The lowest BCUT2D eigenvalue weighted by Crippen LogP contribution is -2.56. The Labute approximate surface area is 112 Å². The summed E-state index contributed by atoms with van der Waals surface area (Å²) < 4.78 is 88.6. The van der Waals surface area contributed by atoms with Crippen LogP contribution in [0.3, 0.4) is 0 Å². The van der Waals surface area contributed by atoms with E-state index < -0.39 is 47.5 Å². The minimum absolute atomic E-state index is 0.301. The van der Waals surface area contributed by atoms with Crippen LogP contribution in [-0.2, 0) is 9.59 Å². The Kier molecular flexibility index (Phi) is 5.39. The molecule has 0 rings (SSSR count). The Bertz CT molecular complexity index is 447. The monoisotopic (exact) mass is 326 g/mol. The average molecular weight is 326 g/mol. The molecule has 0 aliphatic heterocycles. The van der Waals surface area contributed by atoms with Crippen molar-refractivity contribution in [3.63, 3.8) is 0 Å². The van der Waals surface area contributed by atoms with Gasteiger partial charge < -0.3 is 10.2 Å². The van der Waals surface area contributed by atoms with Gasteiger partial charge in [-0.15, -0.1) is 0 Å². The van der Waals surface area contributed by atoms with Gasteiger partial charge in [0, 0.05) is 0 Å². The molecule has 0 spiro atoms. The third-order valence-electron chi connectivity index (χ3n) is 2.40. The van der Waals surface area contributed by atoms with E-state index in [1.807, 2.05) is 0 Å². The van der Waals surface area contributed by atoms with E-state index in [9.17, 15) is 40.3 Å². The largest absolute Gasteiger partial charge is 0.478 e. The van der Waals surface area contributed by atoms with Gasteiger partial charge in [0.15, 0.2) is 0 Å². The molecule has 4 nitrogen and oxygen atoms in total. The minimum atomic E-state index is -6.69. The third kappa shape index (κ3) is 3.45. The van der Waals surface area contributed by atoms with Crippen LogP contribution in [0.2, 0.25) is 0 Å². The van der Waals surface area contributed by atoms with Crippen LogP contribution in [0.25, 0.3) is 0 Å². The van der Waals surface area contributed by atoms with Gasteiger partial charge in [-0.25, -0.2) is 14.0 Å². The summed E-state index contributed by atoms with van der Waals surface area (Å²) in [4.78, 5) is 21.4. The molecule has 0 heterocycles. The van der Waals surface area contributed by atoms with Crippen molar-refractivity contribution in [2.45, 2.75) is 37.8 Å². The Hall–Kier alpha value is -1.81. The van der Waals surface area contributed by atoms with Crippen LogP contribution in [0.5, 0.6) is 0 Å². The van der Waals surface area contributed by atoms with E-state index >= 15 is 0 Å². The van der Waals surface area contributed by atoms with E-state index in [1.165, 1.54) is 6.92 Å². The molecule has 0 aliphatic carbocycles. The zero-order valence-corrected chi connectivity index (χ0v) is 10.3. The molecule has 0 radical (unpaired) electrons. The summed E-state index contributed by atoms with van der Waals surface area (Å²) in [6.45, 7) is 1.17. The van der Waals surface area contributed by atoms with Crippen LogP contribution in [0.1, 0.15) is 19.8 Å². The topological polar surface area (TPSA) is 74.6 Å². The molecule has 0 aromatic rings. The van der Waals surface area contributed by atoms with Gasteiger partial charge in [-0.2, -0.15) is 26.3 Å². The van der Waals surface area contributed by atoms with Crippen molar-refractivity contribution in [3.8, 4) is 0 Å². The molecule has 0 unspecified atom stereocenters. The summed E-state index contributed by atoms with van der Waals surface area (Å²) in [7, 11) is 0. The summed E-state index contributed by atoms with van der Waals surface area (Å²) in [5.41, 5.74) is -11.0. The second kappa shape index (κ2) is 5.90. The number of carbonyl (C=O) groups is 2. The van der Waals surface area contributed by atoms with E-state index in [4.69, 9.17) is 10.2 Å². The third-order valence-corrected chi connectivity index (χ3v) is 2.40. The van der Waals surface area contributed by atoms with Crippen LogP contribution in [0, 0.1) is 0 Å². The Balaban J connectivity index is 6.72. The first kappa shape index (κ1) is 19.2. The first-order chi connectivity index (χ1) is 9.21. The zero-order chi connectivity index (χ0) is 17.2. The van der Waals surface area contributed by atoms with Crippen LogP contribution >= 0.6 is 0 Å². The molecule has 0 bridgehead atoms. The van der Waals surface area contributed by atoms with Gasteiger partial charge in [-0.3, -0.25) is 0 Å². The summed E-state index contributed by atoms with van der Waals surface area (Å²) in [6.07, 6.45) is -14.7. The molecule has 0 aromatic carbocycles. The molecule has 122 valence electrons. The molecular weight excluding hydrogens is 317 g/mol. The van der Waals surface area contributed by atoms with Crippen LogP contribution < -0.4 is 0 Å². The lowest BCUT2D eigenvalue weighted by molar-refractivity contribution is -0.326. The highest BCUT2D eigenvalue weighted by Gasteiger charge is 2.76. The molecule has 0 aliphatic rings. The molecule has 21 heavy (non-hydrogen) atoms. The summed E-state index contributed by atoms with van der Waals surface area (Å²) >= 11 is 0. The number of halogens is 7. The molecule has 0 saturated carbocycles. The fraction of sp³-hybridized carbons (Fsp3) is 0.600. The lowest BCUT2D eigenvalue weighted by atomic mass is 9.88. The SMILES string of the molecule is CCC/C(C(=O)O)=C(\C(=O)O)C(F)(C(F)(F)F)C(F)(F)F. The maximum atomic E-state index is 13.7. The molecular formula is C10H9F7O4. The minimum Gasteiger partial charge on any atom is -0.478 e. The van der Waals surface area contributed by atoms with E-state index in [0.717, 1.165) is 0 Å². The van der Waals surface area contributed by atoms with Crippen LogP contribution in [0.4, 0.5) is 30.7 Å². The van der Waals surface area contributed by atoms with Gasteiger partial charge in [0.05, 0.1) is 5.57 Å². The van der Waals surface area contributed by atoms with Gasteiger partial charge in [-0.05, 0) is 6.42 Å². The first-order valence-electron chi connectivity index (χ1n) is 5.24. The number of alkyl halides is 7. The quantitative estimate of drug-likeness (QED) is 0.601. The maximum absolute atomic E-state index is 13.7. The van der Waals surface area contributed by atoms with Crippen molar-refractivity contribution in [1.29, 1.82) is 0 Å². The highest BCUT2D eigenvalue weighted by Crippen LogP contribution is 2.51. The number of rotatable bonds is 5. The van der Waals surface area contributed by atoms with Crippen molar-refractivity contribution in [2.24, 2.45) is 0 Å². The molecule has 11 heteroatoms. The highest BCUT2D eigenvalue weighted by molar-refractivity contribution is 6.00. The summed E-state index contributed by atoms with van der Waals surface area (Å²) in [5, 5.41) is 17.1. The maximum Gasteiger partial charge on any atom is 0.436 e. The predicted molar refractivity (Wildman–Crippen MR) is 53.2 cm³/mol. The Morgan fingerprint density at radius 1 is 0.857 bits per heavy atom. The lowest BCUT2D eigenvalue weighted by Gasteiger charge is -2.31. The molecule has 0 amide bonds. The first-order valence-corrected chi connectivity index (χ1v) is 5.24. The second-order valence-corrected chi connectivity index (χ2v) is 3.87. The molecule has 0 aromatic heterocycles. The van der Waals surface area contributed by atoms with Crippen molar-refractivity contribution in [1.82, 2.24) is 0 Å². The molecule has 0 saturated heterocycles. The number of carboxylic acid groups (broad SMARTS) is 2. The van der Waals surface area contributed by atoms with Crippen molar-refractivity contribution in [3.05, 3.63) is 11.1 Å². The highest BCUT2D eigenvalue weighted by atomic mass is 19.4. The number of hydrogen-bond donors (Lipinski definition) is 2. The number of hydrogen-bond acceptors (Lipinski definition) is 2. The fourth-order valence-electron chi connectivity index (χ4n) is 1.52. The standard InChI is InChI=1S/C10H9F7O4/c1-2-3-4(6(18)19)5(7(20)21)8(11,9(12,13)14)10(15,16)17/h2-3H2,1H3,(H,18,19)(H,20,21)/b5-4-. The van der Waals surface area contributed by atoms with E-state index in [2.05, 4.69) is 0 Å². The normalized spacial score (nSPS) is 14.7. The van der Waals surface area contributed by atoms with E-state index in [-0.39, 0.29) is 6.42 Å². The van der Waals surface area contributed by atoms with Gasteiger partial charge in [0.1, 0.15) is 5.57 Å². The van der Waals surface area contributed by atoms with Crippen molar-refractivity contribution in [2.75, 3.05) is 0 Å². The predicted octanol–water partition coefficient (Wildman–Crippen LogP) is 3.09. The van der Waals surface area contributed by atoms with Gasteiger partial charge in [0.25, 0.3) is 0 Å². The van der Waals surface area contributed by atoms with E-state index in [1.54, 1.807) is 0 Å². The molecule has 0 fully saturated rings. The average Bonchev–Trinajstić information content (AvgIpc) is 2.24. The molecule has 2 N–H and O–H groups in total. The van der Waals surface area contributed by atoms with Gasteiger partial charge >= 0.3 is 30.0 Å². The second-order valence-electron chi connectivity index (χ2n) is 3.87. The summed E-state index contributed by atoms with van der Waals surface area (Å²) in [5.74, 6) is -5.32. The van der Waals surface area contributed by atoms with Crippen molar-refractivity contribution >= 4 is 11.9 Å². The molecule has 0 atom stereocenters. The Morgan fingerprint density at radius 2 is 1.24 bits per heavy atom. The smallest absolute Gasteiger partial charge is 0.436 e. The van der Waals surface area contributed by atoms with Gasteiger partial charge in [0.2, 0.25) is 0 Å².